The minimum atomic E-state index is -0.861. The highest BCUT2D eigenvalue weighted by molar-refractivity contribution is 6.30. The van der Waals surface area contributed by atoms with Crippen molar-refractivity contribution < 1.29 is 19.4 Å². The number of esters is 1. The van der Waals surface area contributed by atoms with Crippen LogP contribution in [0.5, 0.6) is 17.2 Å². The summed E-state index contributed by atoms with van der Waals surface area (Å²) in [7, 11) is 0. The second-order valence-electron chi connectivity index (χ2n) is 9.04. The minimum absolute atomic E-state index is 0.0324. The average molecular weight is 522 g/mol. The first-order valence-corrected chi connectivity index (χ1v) is 13.5. The molecule has 0 aliphatic rings. The summed E-state index contributed by atoms with van der Waals surface area (Å²) in [5.74, 6) is 0.408. The van der Waals surface area contributed by atoms with Gasteiger partial charge in [-0.1, -0.05) is 57.4 Å². The van der Waals surface area contributed by atoms with Crippen LogP contribution in [0.15, 0.2) is 71.7 Å². The topological polar surface area (TPSA) is 68.1 Å². The summed E-state index contributed by atoms with van der Waals surface area (Å²) < 4.78 is 11.0. The molecule has 3 aromatic carbocycles. The van der Waals surface area contributed by atoms with Gasteiger partial charge in [0.15, 0.2) is 0 Å². The second kappa shape index (κ2) is 15.1. The van der Waals surface area contributed by atoms with Gasteiger partial charge in [-0.3, -0.25) is 9.79 Å². The van der Waals surface area contributed by atoms with Crippen LogP contribution in [0.3, 0.4) is 0 Å². The number of unbranched alkanes of at least 4 members (excludes halogenated alkanes) is 3. The minimum Gasteiger partial charge on any atom is -0.507 e. The zero-order valence-electron chi connectivity index (χ0n) is 21.7. The molecule has 0 aromatic heterocycles. The van der Waals surface area contributed by atoms with Gasteiger partial charge in [-0.15, -0.1) is 11.6 Å². The number of phenols is 1. The Morgan fingerprint density at radius 3 is 2.27 bits per heavy atom. The molecule has 0 unspecified atom stereocenters. The summed E-state index contributed by atoms with van der Waals surface area (Å²) in [5.41, 5.74) is 3.53. The van der Waals surface area contributed by atoms with E-state index >= 15 is 0 Å². The van der Waals surface area contributed by atoms with Crippen LogP contribution >= 0.6 is 11.6 Å². The van der Waals surface area contributed by atoms with Gasteiger partial charge in [0.25, 0.3) is 0 Å². The lowest BCUT2D eigenvalue weighted by Gasteiger charge is -2.11. The number of alkyl halides is 1. The van der Waals surface area contributed by atoms with Crippen LogP contribution in [0.25, 0.3) is 0 Å². The first-order chi connectivity index (χ1) is 18.0. The van der Waals surface area contributed by atoms with Crippen LogP contribution in [0, 0.1) is 0 Å². The van der Waals surface area contributed by atoms with Gasteiger partial charge in [0.2, 0.25) is 0 Å². The van der Waals surface area contributed by atoms with Gasteiger partial charge in [-0.2, -0.15) is 0 Å². The molecule has 0 saturated heterocycles. The molecule has 3 rings (SSSR count). The van der Waals surface area contributed by atoms with Crippen molar-refractivity contribution in [3.05, 3.63) is 83.4 Å². The number of aryl methyl sites for hydroxylation is 1. The number of benzene rings is 3. The standard InChI is InChI=1S/C31H36ClNO4/c1-3-5-7-8-23-9-14-26(15-10-23)33-22-25-13-18-28(21-30(25)34)37-31(35)29(32)20-24-11-16-27(17-12-24)36-19-6-4-2/h9-18,21-22,29,34H,3-8,19-20H2,1-2H3/t29-/m0/s1. The van der Waals surface area contributed by atoms with Crippen LogP contribution < -0.4 is 9.47 Å². The Bertz CT molecular complexity index is 1140. The maximum Gasteiger partial charge on any atom is 0.329 e. The van der Waals surface area contributed by atoms with Gasteiger partial charge >= 0.3 is 5.97 Å². The van der Waals surface area contributed by atoms with E-state index in [9.17, 15) is 9.90 Å². The number of hydrogen-bond acceptors (Lipinski definition) is 5. The molecular weight excluding hydrogens is 486 g/mol. The summed E-state index contributed by atoms with van der Waals surface area (Å²) in [6.07, 6.45) is 8.71. The van der Waals surface area contributed by atoms with E-state index in [2.05, 4.69) is 31.0 Å². The third-order valence-corrected chi connectivity index (χ3v) is 6.27. The molecule has 0 aliphatic heterocycles. The number of nitrogens with zero attached hydrogens (tertiary/aromatic N) is 1. The lowest BCUT2D eigenvalue weighted by Crippen LogP contribution is -2.23. The second-order valence-corrected chi connectivity index (χ2v) is 9.57. The molecule has 1 N–H and O–H groups in total. The number of aromatic hydroxyl groups is 1. The van der Waals surface area contributed by atoms with E-state index < -0.39 is 11.3 Å². The third kappa shape index (κ3) is 9.58. The lowest BCUT2D eigenvalue weighted by molar-refractivity contribution is -0.133. The first-order valence-electron chi connectivity index (χ1n) is 13.0. The highest BCUT2D eigenvalue weighted by Gasteiger charge is 2.19. The normalized spacial score (nSPS) is 12.0. The number of carbonyl (C=O) groups is 1. The smallest absolute Gasteiger partial charge is 0.329 e. The molecule has 1 atom stereocenters. The van der Waals surface area contributed by atoms with Crippen molar-refractivity contribution in [1.82, 2.24) is 0 Å². The van der Waals surface area contributed by atoms with Crippen molar-refractivity contribution in [3.63, 3.8) is 0 Å². The molecule has 0 saturated carbocycles. The van der Waals surface area contributed by atoms with E-state index in [1.54, 1.807) is 18.3 Å². The van der Waals surface area contributed by atoms with Crippen molar-refractivity contribution in [2.75, 3.05) is 6.61 Å². The fourth-order valence-electron chi connectivity index (χ4n) is 3.69. The maximum atomic E-state index is 12.5. The molecule has 37 heavy (non-hydrogen) atoms. The molecular formula is C31H36ClNO4. The number of ether oxygens (including phenoxy) is 2. The Balaban J connectivity index is 1.51. The number of hydrogen-bond donors (Lipinski definition) is 1. The largest absolute Gasteiger partial charge is 0.507 e. The van der Waals surface area contributed by atoms with Gasteiger partial charge < -0.3 is 14.6 Å². The number of rotatable bonds is 14. The Labute approximate surface area is 225 Å². The van der Waals surface area contributed by atoms with E-state index in [0.717, 1.165) is 36.3 Å². The molecule has 0 aliphatic carbocycles. The predicted molar refractivity (Wildman–Crippen MR) is 151 cm³/mol. The number of halogens is 1. The van der Waals surface area contributed by atoms with Crippen molar-refractivity contribution in [1.29, 1.82) is 0 Å². The van der Waals surface area contributed by atoms with Crippen LogP contribution in [-0.4, -0.2) is 29.3 Å². The van der Waals surface area contributed by atoms with Gasteiger partial charge in [-0.25, -0.2) is 0 Å². The Morgan fingerprint density at radius 2 is 1.59 bits per heavy atom. The highest BCUT2D eigenvalue weighted by Crippen LogP contribution is 2.25. The summed E-state index contributed by atoms with van der Waals surface area (Å²) >= 11 is 6.30. The van der Waals surface area contributed by atoms with E-state index in [0.29, 0.717) is 18.6 Å². The molecule has 5 nitrogen and oxygen atoms in total. The Kier molecular flexibility index (Phi) is 11.5. The van der Waals surface area contributed by atoms with Crippen molar-refractivity contribution >= 4 is 29.5 Å². The predicted octanol–water partition coefficient (Wildman–Crippen LogP) is 7.81. The first kappa shape index (κ1) is 28.3. The van der Waals surface area contributed by atoms with Gasteiger partial charge in [0.05, 0.1) is 12.3 Å². The third-order valence-electron chi connectivity index (χ3n) is 5.94. The Morgan fingerprint density at radius 1 is 0.919 bits per heavy atom. The molecule has 0 heterocycles. The zero-order chi connectivity index (χ0) is 26.5. The van der Waals surface area contributed by atoms with Crippen LogP contribution in [0.2, 0.25) is 0 Å². The van der Waals surface area contributed by atoms with Crippen molar-refractivity contribution in [2.45, 2.75) is 64.2 Å². The molecule has 0 radical (unpaired) electrons. The fourth-order valence-corrected chi connectivity index (χ4v) is 3.92. The molecule has 6 heteroatoms. The molecule has 196 valence electrons. The summed E-state index contributed by atoms with van der Waals surface area (Å²) in [6, 6.07) is 20.3. The molecule has 0 spiro atoms. The summed E-state index contributed by atoms with van der Waals surface area (Å²) in [6.45, 7) is 5.00. The van der Waals surface area contributed by atoms with Crippen LogP contribution in [-0.2, 0) is 17.6 Å². The van der Waals surface area contributed by atoms with Crippen molar-refractivity contribution in [2.24, 2.45) is 4.99 Å². The van der Waals surface area contributed by atoms with Crippen LogP contribution in [0.1, 0.15) is 62.6 Å². The lowest BCUT2D eigenvalue weighted by atomic mass is 10.1. The maximum absolute atomic E-state index is 12.5. The summed E-state index contributed by atoms with van der Waals surface area (Å²) in [5, 5.41) is 9.54. The molecule has 3 aromatic rings. The van der Waals surface area contributed by atoms with E-state index in [1.807, 2.05) is 36.4 Å². The summed E-state index contributed by atoms with van der Waals surface area (Å²) in [4.78, 5) is 16.9. The molecule has 0 fully saturated rings. The van der Waals surface area contributed by atoms with Crippen molar-refractivity contribution in [3.8, 4) is 17.2 Å². The quantitative estimate of drug-likeness (QED) is 0.0772. The fraction of sp³-hybridized carbons (Fsp3) is 0.355. The highest BCUT2D eigenvalue weighted by atomic mass is 35.5. The van der Waals surface area contributed by atoms with E-state index in [4.69, 9.17) is 21.1 Å². The van der Waals surface area contributed by atoms with E-state index in [1.165, 1.54) is 30.9 Å². The number of phenolic OH excluding ortho intramolecular Hbond substituents is 1. The van der Waals surface area contributed by atoms with E-state index in [-0.39, 0.29) is 11.5 Å². The zero-order valence-corrected chi connectivity index (χ0v) is 22.4. The number of aliphatic imine (C=N–C) groups is 1. The van der Waals surface area contributed by atoms with Gasteiger partial charge in [-0.05, 0) is 73.2 Å². The SMILES string of the molecule is CCCCCc1ccc(N=Cc2ccc(OC(=O)[C@@H](Cl)Cc3ccc(OCCCC)cc3)cc2O)cc1. The Hall–Kier alpha value is -3.31. The molecule has 0 bridgehead atoms. The van der Waals surface area contributed by atoms with Gasteiger partial charge in [0.1, 0.15) is 22.6 Å². The number of carbonyl (C=O) groups excluding carboxylic acids is 1. The molecule has 0 amide bonds. The monoisotopic (exact) mass is 521 g/mol. The average Bonchev–Trinajstić information content (AvgIpc) is 2.90. The van der Waals surface area contributed by atoms with Gasteiger partial charge in [0, 0.05) is 17.8 Å². The van der Waals surface area contributed by atoms with Crippen LogP contribution in [0.4, 0.5) is 5.69 Å².